The molecule has 3 aromatic rings. The number of nitrogens with one attached hydrogen (secondary N) is 1. The summed E-state index contributed by atoms with van der Waals surface area (Å²) in [4.78, 5) is 24.8. The lowest BCUT2D eigenvalue weighted by molar-refractivity contribution is -0.144. The fourth-order valence-electron chi connectivity index (χ4n) is 6.49. The van der Waals surface area contributed by atoms with Gasteiger partial charge >= 0.3 is 5.97 Å². The maximum Gasteiger partial charge on any atom is 0.312 e. The van der Waals surface area contributed by atoms with Gasteiger partial charge in [-0.05, 0) is 66.6 Å². The number of aromatic nitrogens is 1. The van der Waals surface area contributed by atoms with E-state index in [1.807, 2.05) is 18.2 Å². The van der Waals surface area contributed by atoms with E-state index in [1.165, 1.54) is 24.8 Å². The van der Waals surface area contributed by atoms with Crippen molar-refractivity contribution >= 4 is 22.8 Å². The first-order valence-corrected chi connectivity index (χ1v) is 12.0. The van der Waals surface area contributed by atoms with E-state index in [9.17, 15) is 19.9 Å². The minimum absolute atomic E-state index is 0.0758. The van der Waals surface area contributed by atoms with Gasteiger partial charge in [-0.15, -0.1) is 0 Å². The fraction of sp³-hybridized carbons (Fsp3) is 0.407. The lowest BCUT2D eigenvalue weighted by Gasteiger charge is -2.24. The monoisotopic (exact) mass is 460 g/mol. The first-order valence-electron chi connectivity index (χ1n) is 12.0. The van der Waals surface area contributed by atoms with Gasteiger partial charge in [-0.1, -0.05) is 25.3 Å². The van der Waals surface area contributed by atoms with E-state index in [1.54, 1.807) is 24.7 Å². The molecule has 2 aliphatic carbocycles. The van der Waals surface area contributed by atoms with Crippen LogP contribution in [0.15, 0.2) is 36.4 Å². The van der Waals surface area contributed by atoms with Crippen LogP contribution in [-0.2, 0) is 11.3 Å². The molecule has 7 heteroatoms. The first-order chi connectivity index (χ1) is 16.5. The summed E-state index contributed by atoms with van der Waals surface area (Å²) in [5.41, 5.74) is 6.49. The number of carboxylic acid groups (broad SMARTS) is 1. The molecule has 2 heterocycles. The number of hydroxylamine groups is 1. The zero-order chi connectivity index (χ0) is 23.6. The summed E-state index contributed by atoms with van der Waals surface area (Å²) in [7, 11) is 1.63. The molecule has 7 nitrogen and oxygen atoms in total. The summed E-state index contributed by atoms with van der Waals surface area (Å²) in [6, 6.07) is 11.5. The number of aliphatic carboxylic acids is 1. The van der Waals surface area contributed by atoms with Gasteiger partial charge in [-0.25, -0.2) is 5.48 Å². The number of amides is 1. The zero-order valence-corrected chi connectivity index (χ0v) is 19.1. The van der Waals surface area contributed by atoms with Crippen LogP contribution in [0.1, 0.15) is 71.8 Å². The Labute approximate surface area is 197 Å². The Morgan fingerprint density at radius 1 is 1.12 bits per heavy atom. The molecule has 2 saturated carbocycles. The topological polar surface area (TPSA) is 101 Å². The number of carboxylic acids is 1. The second kappa shape index (κ2) is 7.60. The van der Waals surface area contributed by atoms with E-state index >= 15 is 0 Å². The normalized spacial score (nSPS) is 23.4. The van der Waals surface area contributed by atoms with Gasteiger partial charge in [0.2, 0.25) is 0 Å². The minimum atomic E-state index is -0.878. The Bertz CT molecular complexity index is 1340. The molecule has 0 spiro atoms. The number of hydrogen-bond donors (Lipinski definition) is 3. The highest BCUT2D eigenvalue weighted by Gasteiger charge is 2.63. The van der Waals surface area contributed by atoms with Gasteiger partial charge in [0.05, 0.1) is 18.2 Å². The third kappa shape index (κ3) is 2.92. The summed E-state index contributed by atoms with van der Waals surface area (Å²) < 4.78 is 7.65. The van der Waals surface area contributed by atoms with Crippen molar-refractivity contribution in [2.75, 3.05) is 7.11 Å². The number of ether oxygens (including phenoxy) is 1. The summed E-state index contributed by atoms with van der Waals surface area (Å²) in [5, 5.41) is 20.6. The van der Waals surface area contributed by atoms with Gasteiger partial charge in [0.25, 0.3) is 5.91 Å². The number of carbonyl (C=O) groups is 2. The molecule has 34 heavy (non-hydrogen) atoms. The van der Waals surface area contributed by atoms with E-state index in [0.29, 0.717) is 24.4 Å². The molecule has 0 saturated heterocycles. The number of fused-ring (bicyclic) bond motifs is 7. The average Bonchev–Trinajstić information content (AvgIpc) is 3.54. The van der Waals surface area contributed by atoms with Crippen molar-refractivity contribution < 1.29 is 24.6 Å². The van der Waals surface area contributed by atoms with E-state index in [4.69, 9.17) is 4.74 Å². The Morgan fingerprint density at radius 2 is 1.91 bits per heavy atom. The van der Waals surface area contributed by atoms with Crippen LogP contribution in [0.25, 0.3) is 22.2 Å². The lowest BCUT2D eigenvalue weighted by Crippen LogP contribution is -2.23. The maximum atomic E-state index is 12.6. The molecular weight excluding hydrogens is 432 g/mol. The number of carbonyl (C=O) groups excluding carboxylic acids is 1. The molecular formula is C27H28N2O5. The molecule has 1 unspecified atom stereocenters. The van der Waals surface area contributed by atoms with E-state index < -0.39 is 17.3 Å². The van der Waals surface area contributed by atoms with Crippen LogP contribution < -0.4 is 10.2 Å². The standard InChI is InChI=1S/C27H28N2O5/c1-34-17-8-10-18-20(12-17)21-13-27(21,26(31)32)14-29-22-11-16(25(30)28-33)7-9-19(22)23(24(18)29)15-5-3-2-4-6-15/h7-12,15,21,33H,2-6,13-14H2,1H3,(H,28,30)(H,31,32)/t21?,27-/m0/s1. The van der Waals surface area contributed by atoms with Crippen molar-refractivity contribution in [1.82, 2.24) is 10.0 Å². The Kier molecular flexibility index (Phi) is 4.74. The van der Waals surface area contributed by atoms with Crippen LogP contribution in [0.2, 0.25) is 0 Å². The van der Waals surface area contributed by atoms with E-state index in [0.717, 1.165) is 46.3 Å². The first kappa shape index (κ1) is 21.2. The van der Waals surface area contributed by atoms with Gasteiger partial charge in [0, 0.05) is 34.5 Å². The summed E-state index contributed by atoms with van der Waals surface area (Å²) in [5.74, 6) is -0.323. The molecule has 0 radical (unpaired) electrons. The SMILES string of the molecule is COc1ccc2c(c1)C1C[C@]1(C(=O)O)Cn1c-2c(C2CCCCC2)c2ccc(C(=O)NO)cc21. The average molecular weight is 461 g/mol. The maximum absolute atomic E-state index is 12.6. The van der Waals surface area contributed by atoms with Crippen molar-refractivity contribution in [3.05, 3.63) is 53.1 Å². The molecule has 1 aliphatic heterocycles. The molecule has 2 atom stereocenters. The molecule has 2 aromatic carbocycles. The molecule has 6 rings (SSSR count). The molecule has 176 valence electrons. The smallest absolute Gasteiger partial charge is 0.312 e. The van der Waals surface area contributed by atoms with E-state index in [2.05, 4.69) is 10.6 Å². The van der Waals surface area contributed by atoms with Crippen LogP contribution in [-0.4, -0.2) is 33.9 Å². The third-order valence-corrected chi connectivity index (χ3v) is 8.31. The number of methoxy groups -OCH3 is 1. The van der Waals surface area contributed by atoms with Gasteiger partial charge in [-0.3, -0.25) is 14.8 Å². The second-order valence-electron chi connectivity index (χ2n) is 10.0. The summed E-state index contributed by atoms with van der Waals surface area (Å²) in [6.07, 6.45) is 6.38. The van der Waals surface area contributed by atoms with E-state index in [-0.39, 0.29) is 5.92 Å². The Hall–Kier alpha value is -3.32. The molecule has 2 fully saturated rings. The van der Waals surface area contributed by atoms with Crippen LogP contribution in [0.3, 0.4) is 0 Å². The molecule has 0 bridgehead atoms. The van der Waals surface area contributed by atoms with Crippen molar-refractivity contribution in [3.63, 3.8) is 0 Å². The molecule has 3 N–H and O–H groups in total. The van der Waals surface area contributed by atoms with Gasteiger partial charge in [0.15, 0.2) is 0 Å². The van der Waals surface area contributed by atoms with Crippen LogP contribution in [0.4, 0.5) is 0 Å². The van der Waals surface area contributed by atoms with Gasteiger partial charge in [-0.2, -0.15) is 0 Å². The van der Waals surface area contributed by atoms with Crippen molar-refractivity contribution in [1.29, 1.82) is 0 Å². The predicted molar refractivity (Wildman–Crippen MR) is 126 cm³/mol. The Balaban J connectivity index is 1.69. The number of hydrogen-bond acceptors (Lipinski definition) is 4. The zero-order valence-electron chi connectivity index (χ0n) is 19.1. The molecule has 3 aliphatic rings. The van der Waals surface area contributed by atoms with Crippen LogP contribution >= 0.6 is 0 Å². The quantitative estimate of drug-likeness (QED) is 0.373. The van der Waals surface area contributed by atoms with Crippen molar-refractivity contribution in [3.8, 4) is 17.0 Å². The molecule has 1 amide bonds. The third-order valence-electron chi connectivity index (χ3n) is 8.31. The highest BCUT2D eigenvalue weighted by atomic mass is 16.5. The van der Waals surface area contributed by atoms with Crippen LogP contribution in [0, 0.1) is 5.41 Å². The van der Waals surface area contributed by atoms with Crippen LogP contribution in [0.5, 0.6) is 5.75 Å². The summed E-state index contributed by atoms with van der Waals surface area (Å²) >= 11 is 0. The highest BCUT2D eigenvalue weighted by molar-refractivity contribution is 6.01. The number of rotatable bonds is 4. The highest BCUT2D eigenvalue weighted by Crippen LogP contribution is 2.65. The Morgan fingerprint density at radius 3 is 2.62 bits per heavy atom. The number of benzene rings is 2. The largest absolute Gasteiger partial charge is 0.497 e. The van der Waals surface area contributed by atoms with Gasteiger partial charge in [0.1, 0.15) is 5.75 Å². The second-order valence-corrected chi connectivity index (χ2v) is 10.0. The lowest BCUT2D eigenvalue weighted by atomic mass is 9.81. The number of nitrogens with zero attached hydrogens (tertiary/aromatic N) is 1. The van der Waals surface area contributed by atoms with Gasteiger partial charge < -0.3 is 14.4 Å². The summed E-state index contributed by atoms with van der Waals surface area (Å²) in [6.45, 7) is 0.354. The predicted octanol–water partition coefficient (Wildman–Crippen LogP) is 5.06. The van der Waals surface area contributed by atoms with Crippen molar-refractivity contribution in [2.45, 2.75) is 56.9 Å². The minimum Gasteiger partial charge on any atom is -0.497 e. The van der Waals surface area contributed by atoms with Crippen molar-refractivity contribution in [2.24, 2.45) is 5.41 Å². The fourth-order valence-corrected chi connectivity index (χ4v) is 6.49. The molecule has 1 aromatic heterocycles.